The van der Waals surface area contributed by atoms with Crippen LogP contribution in [0.2, 0.25) is 0 Å². The van der Waals surface area contributed by atoms with Gasteiger partial charge in [-0.05, 0) is 187 Å². The molecule has 0 bridgehead atoms. The molecule has 3 aromatic heterocycles. The zero-order chi connectivity index (χ0) is 53.1. The van der Waals surface area contributed by atoms with Crippen LogP contribution in [-0.2, 0) is 5.41 Å². The quantitative estimate of drug-likeness (QED) is 0.142. The number of para-hydroxylation sites is 1. The van der Waals surface area contributed by atoms with Crippen LogP contribution in [0.5, 0.6) is 0 Å². The predicted octanol–water partition coefficient (Wildman–Crippen LogP) is 20.0. The Balaban J connectivity index is 1.04. The highest BCUT2D eigenvalue weighted by Gasteiger charge is 2.55. The van der Waals surface area contributed by atoms with Gasteiger partial charge in [-0.15, -0.1) is 0 Å². The van der Waals surface area contributed by atoms with Crippen LogP contribution >= 0.6 is 0 Å². The highest BCUT2D eigenvalue weighted by atomic mass is 16.3. The molecular formula is C75H52N4O. The van der Waals surface area contributed by atoms with E-state index in [1.54, 1.807) is 0 Å². The molecular weight excluding hydrogens is 973 g/mol. The Labute approximate surface area is 464 Å². The Kier molecular flexibility index (Phi) is 10.3. The van der Waals surface area contributed by atoms with Crippen LogP contribution < -0.4 is 9.80 Å². The first-order chi connectivity index (χ1) is 39.5. The molecule has 1 atom stereocenters. The molecule has 0 aliphatic heterocycles. The van der Waals surface area contributed by atoms with Crippen LogP contribution in [-0.4, -0.2) is 9.97 Å². The Morgan fingerprint density at radius 3 is 1.75 bits per heavy atom. The first-order valence-corrected chi connectivity index (χ1v) is 27.8. The van der Waals surface area contributed by atoms with Gasteiger partial charge in [0.1, 0.15) is 17.2 Å². The maximum absolute atomic E-state index is 7.38. The molecule has 0 N–H and O–H groups in total. The second kappa shape index (κ2) is 18.0. The molecule has 3 heterocycles. The molecule has 1 unspecified atom stereocenters. The fourth-order valence-electron chi connectivity index (χ4n) is 13.7. The minimum atomic E-state index is -0.723. The minimum Gasteiger partial charge on any atom is -0.454 e. The summed E-state index contributed by atoms with van der Waals surface area (Å²) in [6.45, 7) is 4.20. The molecule has 5 nitrogen and oxygen atoms in total. The van der Waals surface area contributed by atoms with Crippen LogP contribution in [0.4, 0.5) is 34.4 Å². The van der Waals surface area contributed by atoms with Gasteiger partial charge in [0.25, 0.3) is 0 Å². The van der Waals surface area contributed by atoms with Gasteiger partial charge in [0, 0.05) is 40.2 Å². The van der Waals surface area contributed by atoms with E-state index in [9.17, 15) is 0 Å². The smallest absolute Gasteiger partial charge is 0.160 e. The number of rotatable bonds is 8. The van der Waals surface area contributed by atoms with Gasteiger partial charge in [0.2, 0.25) is 0 Å². The van der Waals surface area contributed by atoms with Gasteiger partial charge in [-0.3, -0.25) is 9.80 Å². The summed E-state index contributed by atoms with van der Waals surface area (Å²) in [7, 11) is 0. The molecule has 13 aromatic rings. The average Bonchev–Trinajstić information content (AvgIpc) is 4.19. The molecule has 80 heavy (non-hydrogen) atoms. The molecule has 16 rings (SSSR count). The van der Waals surface area contributed by atoms with Gasteiger partial charge in [0.15, 0.2) is 5.58 Å². The summed E-state index contributed by atoms with van der Waals surface area (Å²) in [5.74, 6) is 1.66. The lowest BCUT2D eigenvalue weighted by Crippen LogP contribution is -2.28. The van der Waals surface area contributed by atoms with Crippen molar-refractivity contribution >= 4 is 83.4 Å². The number of pyridine rings is 2. The molecule has 0 saturated carbocycles. The molecule has 0 fully saturated rings. The van der Waals surface area contributed by atoms with Crippen LogP contribution in [0.1, 0.15) is 46.2 Å². The number of allylic oxidation sites excluding steroid dienone is 4. The fraction of sp³-hybridized carbons (Fsp3) is 0.0667. The highest BCUT2D eigenvalue weighted by molar-refractivity contribution is 6.27. The molecule has 0 saturated heterocycles. The van der Waals surface area contributed by atoms with Crippen molar-refractivity contribution in [3.05, 3.63) is 294 Å². The lowest BCUT2D eigenvalue weighted by Gasteiger charge is -2.34. The number of hydrogen-bond acceptors (Lipinski definition) is 5. The van der Waals surface area contributed by atoms with E-state index in [0.717, 1.165) is 97.0 Å². The van der Waals surface area contributed by atoms with E-state index < -0.39 is 5.41 Å². The van der Waals surface area contributed by atoms with Crippen LogP contribution in [0, 0.1) is 13.8 Å². The summed E-state index contributed by atoms with van der Waals surface area (Å²) >= 11 is 0. The van der Waals surface area contributed by atoms with Gasteiger partial charge in [0.05, 0.1) is 11.1 Å². The molecule has 5 heteroatoms. The van der Waals surface area contributed by atoms with Crippen molar-refractivity contribution in [2.45, 2.75) is 32.1 Å². The summed E-state index contributed by atoms with van der Waals surface area (Å²) < 4.78 is 7.38. The zero-order valence-electron chi connectivity index (χ0n) is 44.4. The van der Waals surface area contributed by atoms with E-state index in [2.05, 4.69) is 266 Å². The molecule has 1 spiro atoms. The second-order valence-corrected chi connectivity index (χ2v) is 21.7. The van der Waals surface area contributed by atoms with Crippen molar-refractivity contribution in [3.63, 3.8) is 0 Å². The van der Waals surface area contributed by atoms with E-state index in [0.29, 0.717) is 0 Å². The summed E-state index contributed by atoms with van der Waals surface area (Å²) in [5, 5.41) is 6.97. The maximum Gasteiger partial charge on any atom is 0.160 e. The third-order valence-electron chi connectivity index (χ3n) is 17.1. The van der Waals surface area contributed by atoms with E-state index in [1.165, 1.54) is 71.6 Å². The first kappa shape index (κ1) is 46.0. The minimum absolute atomic E-state index is 0.723. The monoisotopic (exact) mass is 1020 g/mol. The number of hydrogen-bond donors (Lipinski definition) is 0. The van der Waals surface area contributed by atoms with Gasteiger partial charge in [-0.2, -0.15) is 0 Å². The summed E-state index contributed by atoms with van der Waals surface area (Å²) in [6.07, 6.45) is 10.8. The summed E-state index contributed by atoms with van der Waals surface area (Å²) in [5.41, 5.74) is 22.1. The average molecular weight is 1030 g/mol. The summed E-state index contributed by atoms with van der Waals surface area (Å²) in [6, 6.07) is 84.3. The maximum atomic E-state index is 7.38. The predicted molar refractivity (Wildman–Crippen MR) is 331 cm³/mol. The van der Waals surface area contributed by atoms with Crippen molar-refractivity contribution in [2.75, 3.05) is 9.80 Å². The number of aromatic nitrogens is 2. The van der Waals surface area contributed by atoms with E-state index >= 15 is 0 Å². The van der Waals surface area contributed by atoms with Gasteiger partial charge in [-0.25, -0.2) is 9.97 Å². The number of aryl methyl sites for hydroxylation is 2. The van der Waals surface area contributed by atoms with E-state index in [-0.39, 0.29) is 0 Å². The topological polar surface area (TPSA) is 45.4 Å². The fourth-order valence-corrected chi connectivity index (χ4v) is 13.7. The van der Waals surface area contributed by atoms with Gasteiger partial charge >= 0.3 is 0 Å². The lowest BCUT2D eigenvalue weighted by atomic mass is 9.67. The first-order valence-electron chi connectivity index (χ1n) is 27.8. The lowest BCUT2D eigenvalue weighted by molar-refractivity contribution is 0.668. The van der Waals surface area contributed by atoms with Gasteiger partial charge in [-0.1, -0.05) is 182 Å². The molecule has 0 amide bonds. The second-order valence-electron chi connectivity index (χ2n) is 21.7. The Hall–Kier alpha value is -10.1. The number of nitrogens with zero attached hydrogens (tertiary/aromatic N) is 4. The molecule has 3 aliphatic carbocycles. The van der Waals surface area contributed by atoms with Crippen molar-refractivity contribution in [1.82, 2.24) is 9.97 Å². The normalized spacial score (nSPS) is 15.0. The van der Waals surface area contributed by atoms with E-state index in [1.807, 2.05) is 12.4 Å². The molecule has 0 radical (unpaired) electrons. The van der Waals surface area contributed by atoms with Gasteiger partial charge < -0.3 is 4.42 Å². The standard InChI is InChI=1S/C75H52N4O/c1-47-35-39-68(76-45-47)78(53-25-17-23-51(41-53)49-19-5-3-6-20-49)55-37-38-60-62(43-55)56-27-9-10-30-59(56)70-72-65(75(73(60)70)63-32-14-11-28-57(63)58-29-12-15-33-64(58)75)44-66(74-71(72)61-31-13-16-34-67(61)80-74)79(69-40-36-48(2)46-77-69)54-26-18-24-52(42-54)50-21-7-4-8-22-50/h3-11,13-28,30-46H,12,29H2,1-2H3. The van der Waals surface area contributed by atoms with Crippen molar-refractivity contribution in [1.29, 1.82) is 0 Å². The van der Waals surface area contributed by atoms with Crippen LogP contribution in [0.15, 0.2) is 265 Å². The van der Waals surface area contributed by atoms with Crippen LogP contribution in [0.25, 0.3) is 82.4 Å². The van der Waals surface area contributed by atoms with Crippen LogP contribution in [0.3, 0.4) is 0 Å². The molecule has 3 aliphatic rings. The zero-order valence-corrected chi connectivity index (χ0v) is 44.4. The SMILES string of the molecule is Cc1ccc(N(c2cccc(-c3ccccc3)c2)c2ccc3c4c(c5ccccc5c3c2)-c2c(cc(N(c3cccc(-c5ccccc5)c3)c3ccc(C)cn3)c3oc5ccccc5c23)C42C3=C(CCC=C3)c3ccccc32)nc1. The molecule has 10 aromatic carbocycles. The van der Waals surface area contributed by atoms with E-state index in [4.69, 9.17) is 14.4 Å². The third kappa shape index (κ3) is 6.83. The number of benzene rings is 10. The number of furan rings is 1. The Bertz CT molecular complexity index is 4730. The highest BCUT2D eigenvalue weighted by Crippen LogP contribution is 2.68. The van der Waals surface area contributed by atoms with Crippen molar-refractivity contribution in [3.8, 4) is 33.4 Å². The third-order valence-corrected chi connectivity index (χ3v) is 17.1. The summed E-state index contributed by atoms with van der Waals surface area (Å²) in [4.78, 5) is 15.0. The van der Waals surface area contributed by atoms with Crippen molar-refractivity contribution in [2.24, 2.45) is 0 Å². The Morgan fingerprint density at radius 1 is 0.450 bits per heavy atom. The largest absolute Gasteiger partial charge is 0.454 e. The number of fused-ring (bicyclic) bond motifs is 18. The Morgan fingerprint density at radius 2 is 1.05 bits per heavy atom. The van der Waals surface area contributed by atoms with Crippen molar-refractivity contribution < 1.29 is 4.42 Å². The number of anilines is 6. The molecule has 378 valence electrons.